The van der Waals surface area contributed by atoms with E-state index in [1.807, 2.05) is 0 Å². The van der Waals surface area contributed by atoms with E-state index in [-0.39, 0.29) is 12.4 Å². The monoisotopic (exact) mass is 340 g/mol. The van der Waals surface area contributed by atoms with Gasteiger partial charge in [0.15, 0.2) is 0 Å². The highest BCUT2D eigenvalue weighted by Crippen LogP contribution is 2.35. The molecule has 2 aromatic carbocycles. The molecule has 0 amide bonds. The van der Waals surface area contributed by atoms with Crippen molar-refractivity contribution in [1.29, 1.82) is 0 Å². The average Bonchev–Trinajstić information content (AvgIpc) is 2.83. The maximum Gasteiger partial charge on any atom is 0.142 e. The number of nitrogens with one attached hydrogen (secondary N) is 1. The number of hydrogen-bond donors (Lipinski definition) is 1. The number of benzene rings is 2. The number of thiophene rings is 1. The predicted octanol–water partition coefficient (Wildman–Crippen LogP) is 2.21. The summed E-state index contributed by atoms with van der Waals surface area (Å²) in [6, 6.07) is 14.6. The highest BCUT2D eigenvalue weighted by atomic mass is 35.5. The lowest BCUT2D eigenvalue weighted by molar-refractivity contribution is -0.00000440. The number of halogens is 1. The maximum absolute atomic E-state index is 4.47. The number of rotatable bonds is 2. The van der Waals surface area contributed by atoms with Gasteiger partial charge in [-0.2, -0.15) is 0 Å². The fourth-order valence-corrected chi connectivity index (χ4v) is 3.74. The van der Waals surface area contributed by atoms with E-state index in [2.05, 4.69) is 71.6 Å². The van der Waals surface area contributed by atoms with E-state index >= 15 is 0 Å². The van der Waals surface area contributed by atoms with Crippen LogP contribution < -0.4 is 17.7 Å². The van der Waals surface area contributed by atoms with Crippen LogP contribution in [0.15, 0.2) is 48.8 Å². The molecule has 2 heterocycles. The molecule has 0 spiro atoms. The molecule has 5 heteroatoms. The van der Waals surface area contributed by atoms with Crippen molar-refractivity contribution in [2.24, 2.45) is 0 Å². The molecule has 0 atom stereocenters. The van der Waals surface area contributed by atoms with Crippen LogP contribution in [0.1, 0.15) is 10.4 Å². The third-order valence-corrected chi connectivity index (χ3v) is 5.12. The lowest BCUT2D eigenvalue weighted by Gasteiger charge is -2.10. The minimum Gasteiger partial charge on any atom is -1.00 e. The largest absolute Gasteiger partial charge is 1.00 e. The summed E-state index contributed by atoms with van der Waals surface area (Å²) in [7, 11) is 0. The minimum absolute atomic E-state index is 0. The maximum atomic E-state index is 4.47. The number of hydrogen-bond acceptors (Lipinski definition) is 4. The summed E-state index contributed by atoms with van der Waals surface area (Å²) in [5.41, 5.74) is 2.32. The highest BCUT2D eigenvalue weighted by molar-refractivity contribution is 7.18. The van der Waals surface area contributed by atoms with Crippen LogP contribution in [-0.4, -0.2) is 9.97 Å². The first-order chi connectivity index (χ1) is 10.7. The van der Waals surface area contributed by atoms with Crippen LogP contribution >= 0.6 is 11.3 Å². The van der Waals surface area contributed by atoms with Gasteiger partial charge >= 0.3 is 0 Å². The fraction of sp³-hybridized carbons (Fsp3) is 0.111. The van der Waals surface area contributed by atoms with E-state index in [9.17, 15) is 0 Å². The molecular formula is C18H15ClN3S-. The lowest BCUT2D eigenvalue weighted by atomic mass is 10.1. The molecule has 0 radical (unpaired) electrons. The van der Waals surface area contributed by atoms with E-state index in [1.54, 1.807) is 17.7 Å². The van der Waals surface area contributed by atoms with Gasteiger partial charge < -0.3 is 17.7 Å². The number of fused-ring (bicyclic) bond motifs is 2. The lowest BCUT2D eigenvalue weighted by Crippen LogP contribution is -3.00. The number of anilines is 2. The van der Waals surface area contributed by atoms with Gasteiger partial charge in [-0.05, 0) is 30.9 Å². The van der Waals surface area contributed by atoms with Crippen LogP contribution in [0.25, 0.3) is 21.0 Å². The van der Waals surface area contributed by atoms with Crippen molar-refractivity contribution in [2.75, 3.05) is 5.32 Å². The molecule has 0 aliphatic carbocycles. The molecular weight excluding hydrogens is 326 g/mol. The van der Waals surface area contributed by atoms with Gasteiger partial charge in [0, 0.05) is 16.0 Å². The Bertz CT molecular complexity index is 989. The zero-order valence-corrected chi connectivity index (χ0v) is 14.4. The van der Waals surface area contributed by atoms with Gasteiger partial charge in [-0.15, -0.1) is 11.3 Å². The van der Waals surface area contributed by atoms with Crippen molar-refractivity contribution in [3.63, 3.8) is 0 Å². The molecule has 3 nitrogen and oxygen atoms in total. The Kier molecular flexibility index (Phi) is 4.20. The summed E-state index contributed by atoms with van der Waals surface area (Å²) in [6.45, 7) is 4.26. The summed E-state index contributed by atoms with van der Waals surface area (Å²) < 4.78 is 0. The molecule has 23 heavy (non-hydrogen) atoms. The zero-order valence-electron chi connectivity index (χ0n) is 12.8. The molecule has 0 unspecified atom stereocenters. The Morgan fingerprint density at radius 2 is 1.74 bits per heavy atom. The molecule has 0 fully saturated rings. The Morgan fingerprint density at radius 1 is 0.957 bits per heavy atom. The molecule has 0 saturated heterocycles. The van der Waals surface area contributed by atoms with Crippen LogP contribution in [0, 0.1) is 13.8 Å². The van der Waals surface area contributed by atoms with Crippen molar-refractivity contribution < 1.29 is 12.4 Å². The number of aromatic nitrogens is 2. The van der Waals surface area contributed by atoms with Crippen molar-refractivity contribution in [3.05, 3.63) is 59.2 Å². The van der Waals surface area contributed by atoms with Gasteiger partial charge in [-0.3, -0.25) is 0 Å². The SMILES string of the molecule is Cc1sc2ncnc(Nc3cccc4ccccc34)c2c1C.[Cl-]. The molecule has 0 aliphatic rings. The van der Waals surface area contributed by atoms with Gasteiger partial charge in [0.2, 0.25) is 0 Å². The summed E-state index contributed by atoms with van der Waals surface area (Å²) in [5, 5.41) is 7.04. The third kappa shape index (κ3) is 2.64. The number of aryl methyl sites for hydroxylation is 2. The second kappa shape index (κ2) is 6.14. The summed E-state index contributed by atoms with van der Waals surface area (Å²) in [5.74, 6) is 0.878. The quantitative estimate of drug-likeness (QED) is 0.608. The Morgan fingerprint density at radius 3 is 2.61 bits per heavy atom. The molecule has 4 rings (SSSR count). The normalized spacial score (nSPS) is 10.7. The van der Waals surface area contributed by atoms with Gasteiger partial charge in [0.25, 0.3) is 0 Å². The van der Waals surface area contributed by atoms with Crippen molar-refractivity contribution in [2.45, 2.75) is 13.8 Å². The van der Waals surface area contributed by atoms with Crippen LogP contribution in [0.5, 0.6) is 0 Å². The molecule has 0 aliphatic heterocycles. The van der Waals surface area contributed by atoms with Crippen LogP contribution in [-0.2, 0) is 0 Å². The van der Waals surface area contributed by atoms with E-state index in [4.69, 9.17) is 0 Å². The average molecular weight is 341 g/mol. The zero-order chi connectivity index (χ0) is 15.1. The second-order valence-corrected chi connectivity index (χ2v) is 6.54. The van der Waals surface area contributed by atoms with Crippen molar-refractivity contribution >= 4 is 43.8 Å². The first kappa shape index (κ1) is 15.7. The van der Waals surface area contributed by atoms with Crippen molar-refractivity contribution in [1.82, 2.24) is 9.97 Å². The van der Waals surface area contributed by atoms with Gasteiger partial charge in [-0.1, -0.05) is 36.4 Å². The third-order valence-electron chi connectivity index (χ3n) is 4.01. The fourth-order valence-electron chi connectivity index (χ4n) is 2.74. The van der Waals surface area contributed by atoms with Crippen LogP contribution in [0.4, 0.5) is 11.5 Å². The highest BCUT2D eigenvalue weighted by Gasteiger charge is 2.12. The van der Waals surface area contributed by atoms with E-state index in [0.29, 0.717) is 0 Å². The first-order valence-electron chi connectivity index (χ1n) is 7.19. The Hall–Kier alpha value is -2.17. The topological polar surface area (TPSA) is 37.8 Å². The smallest absolute Gasteiger partial charge is 0.142 e. The number of nitrogens with zero attached hydrogens (tertiary/aromatic N) is 2. The minimum atomic E-state index is 0. The molecule has 116 valence electrons. The molecule has 0 bridgehead atoms. The van der Waals surface area contributed by atoms with Crippen LogP contribution in [0.3, 0.4) is 0 Å². The predicted molar refractivity (Wildman–Crippen MR) is 94.1 cm³/mol. The van der Waals surface area contributed by atoms with Gasteiger partial charge in [0.1, 0.15) is 17.0 Å². The molecule has 2 aromatic heterocycles. The standard InChI is InChI=1S/C18H15N3S.ClH/c1-11-12(2)22-18-16(11)17(19-10-20-18)21-15-9-5-7-13-6-3-4-8-14(13)15;/h3-10H,1-2H3,(H,19,20,21);1H/p-1. The molecule has 1 N–H and O–H groups in total. The molecule has 4 aromatic rings. The summed E-state index contributed by atoms with van der Waals surface area (Å²) in [4.78, 5) is 11.2. The van der Waals surface area contributed by atoms with Crippen molar-refractivity contribution in [3.8, 4) is 0 Å². The van der Waals surface area contributed by atoms with E-state index < -0.39 is 0 Å². The summed E-state index contributed by atoms with van der Waals surface area (Å²) in [6.07, 6.45) is 1.63. The van der Waals surface area contributed by atoms with Gasteiger partial charge in [0.05, 0.1) is 5.39 Å². The Balaban J connectivity index is 0.00000156. The van der Waals surface area contributed by atoms with Crippen LogP contribution in [0.2, 0.25) is 0 Å². The molecule has 0 saturated carbocycles. The van der Waals surface area contributed by atoms with E-state index in [0.717, 1.165) is 21.7 Å². The van der Waals surface area contributed by atoms with E-state index in [1.165, 1.54) is 21.2 Å². The summed E-state index contributed by atoms with van der Waals surface area (Å²) >= 11 is 1.72. The van der Waals surface area contributed by atoms with Gasteiger partial charge in [-0.25, -0.2) is 9.97 Å². The first-order valence-corrected chi connectivity index (χ1v) is 8.01. The Labute approximate surface area is 144 Å². The second-order valence-electron chi connectivity index (χ2n) is 5.34.